The van der Waals surface area contributed by atoms with Crippen LogP contribution in [0.5, 0.6) is 0 Å². The second kappa shape index (κ2) is 5.96. The number of aliphatic hydroxyl groups excluding tert-OH is 1. The first kappa shape index (κ1) is 16.9. The summed E-state index contributed by atoms with van der Waals surface area (Å²) < 4.78 is 27.2. The summed E-state index contributed by atoms with van der Waals surface area (Å²) in [4.78, 5) is 2.86. The number of aryl methyl sites for hydroxylation is 1. The Morgan fingerprint density at radius 2 is 1.95 bits per heavy atom. The van der Waals surface area contributed by atoms with E-state index in [4.69, 9.17) is 0 Å². The Hall–Kier alpha value is -0.470. The largest absolute Gasteiger partial charge is 0.391 e. The van der Waals surface area contributed by atoms with Crippen LogP contribution in [0.2, 0.25) is 0 Å². The van der Waals surface area contributed by atoms with Crippen molar-refractivity contribution in [3.63, 3.8) is 0 Å². The molecule has 1 fully saturated rings. The zero-order valence-electron chi connectivity index (χ0n) is 13.1. The molecule has 5 nitrogen and oxygen atoms in total. The van der Waals surface area contributed by atoms with E-state index in [9.17, 15) is 13.5 Å². The van der Waals surface area contributed by atoms with Crippen LogP contribution < -0.4 is 0 Å². The lowest BCUT2D eigenvalue weighted by atomic mass is 9.75. The van der Waals surface area contributed by atoms with Crippen molar-refractivity contribution in [2.75, 3.05) is 27.7 Å². The van der Waals surface area contributed by atoms with Crippen LogP contribution in [0.1, 0.15) is 29.7 Å². The Bertz CT molecular complexity index is 604. The van der Waals surface area contributed by atoms with Gasteiger partial charge < -0.3 is 10.0 Å². The smallest absolute Gasteiger partial charge is 0.252 e. The molecule has 0 bridgehead atoms. The molecule has 120 valence electrons. The van der Waals surface area contributed by atoms with Crippen LogP contribution in [-0.2, 0) is 16.6 Å². The van der Waals surface area contributed by atoms with Crippen LogP contribution in [0.25, 0.3) is 0 Å². The molecule has 0 saturated heterocycles. The third kappa shape index (κ3) is 3.03. The molecule has 1 heterocycles. The van der Waals surface area contributed by atoms with E-state index >= 15 is 0 Å². The van der Waals surface area contributed by atoms with Gasteiger partial charge in [0.05, 0.1) is 6.61 Å². The summed E-state index contributed by atoms with van der Waals surface area (Å²) in [5.41, 5.74) is 0.800. The minimum absolute atomic E-state index is 0.0338. The van der Waals surface area contributed by atoms with Gasteiger partial charge in [0, 0.05) is 24.0 Å². The summed E-state index contributed by atoms with van der Waals surface area (Å²) in [5, 5.41) is 9.24. The molecule has 1 aromatic rings. The molecule has 0 aromatic carbocycles. The number of thiophene rings is 1. The predicted molar refractivity (Wildman–Crippen MR) is 85.1 cm³/mol. The third-order valence-electron chi connectivity index (χ3n) is 4.56. The predicted octanol–water partition coefficient (Wildman–Crippen LogP) is 1.65. The van der Waals surface area contributed by atoms with Crippen molar-refractivity contribution in [2.24, 2.45) is 0 Å². The molecule has 0 amide bonds. The number of aliphatic hydroxyl groups is 1. The molecule has 1 aliphatic carbocycles. The maximum Gasteiger partial charge on any atom is 0.252 e. The van der Waals surface area contributed by atoms with Gasteiger partial charge in [-0.3, -0.25) is 0 Å². The van der Waals surface area contributed by atoms with E-state index in [1.165, 1.54) is 4.31 Å². The summed E-state index contributed by atoms with van der Waals surface area (Å²) in [6.45, 7) is 2.22. The molecule has 0 radical (unpaired) electrons. The van der Waals surface area contributed by atoms with E-state index in [0.717, 1.165) is 36.2 Å². The SMILES string of the molecule is Cc1cc(S(=O)(=O)N(C)CC2(N(C)C)CCC2)sc1CO. The molecule has 0 unspecified atom stereocenters. The number of nitrogens with zero attached hydrogens (tertiary/aromatic N) is 2. The zero-order chi connectivity index (χ0) is 15.8. The summed E-state index contributed by atoms with van der Waals surface area (Å²) in [7, 11) is 2.19. The van der Waals surface area contributed by atoms with Crippen LogP contribution in [0.4, 0.5) is 0 Å². The van der Waals surface area contributed by atoms with E-state index in [1.807, 2.05) is 21.0 Å². The van der Waals surface area contributed by atoms with Gasteiger partial charge in [-0.2, -0.15) is 4.31 Å². The minimum Gasteiger partial charge on any atom is -0.391 e. The number of hydrogen-bond acceptors (Lipinski definition) is 5. The van der Waals surface area contributed by atoms with Gasteiger partial charge >= 0.3 is 0 Å². The van der Waals surface area contributed by atoms with Crippen LogP contribution >= 0.6 is 11.3 Å². The van der Waals surface area contributed by atoms with Crippen molar-refractivity contribution in [1.29, 1.82) is 0 Å². The minimum atomic E-state index is -3.48. The highest BCUT2D eigenvalue weighted by atomic mass is 32.2. The first-order valence-electron chi connectivity index (χ1n) is 7.07. The number of likely N-dealkylation sites (N-methyl/N-ethyl adjacent to an activating group) is 2. The highest BCUT2D eigenvalue weighted by Gasteiger charge is 2.42. The fourth-order valence-corrected chi connectivity index (χ4v) is 5.67. The number of rotatable bonds is 6. The normalized spacial score (nSPS) is 18.2. The molecule has 2 rings (SSSR count). The maximum atomic E-state index is 12.7. The van der Waals surface area contributed by atoms with Crippen molar-refractivity contribution in [2.45, 2.75) is 42.5 Å². The Balaban J connectivity index is 2.22. The Morgan fingerprint density at radius 3 is 2.33 bits per heavy atom. The van der Waals surface area contributed by atoms with Crippen molar-refractivity contribution in [3.05, 3.63) is 16.5 Å². The highest BCUT2D eigenvalue weighted by molar-refractivity contribution is 7.91. The van der Waals surface area contributed by atoms with E-state index in [0.29, 0.717) is 15.6 Å². The average Bonchev–Trinajstić information content (AvgIpc) is 2.74. The Labute approximate surface area is 131 Å². The summed E-state index contributed by atoms with van der Waals surface area (Å²) in [5.74, 6) is 0. The first-order chi connectivity index (χ1) is 9.73. The molecule has 1 saturated carbocycles. The van der Waals surface area contributed by atoms with Gasteiger partial charge in [-0.25, -0.2) is 8.42 Å². The maximum absolute atomic E-state index is 12.7. The Morgan fingerprint density at radius 1 is 1.33 bits per heavy atom. The standard InChI is InChI=1S/C14H24N2O3S2/c1-11-8-13(20-12(11)9-17)21(18,19)16(4)10-14(15(2)3)6-5-7-14/h8,17H,5-7,9-10H2,1-4H3. The lowest BCUT2D eigenvalue weighted by Gasteiger charge is -2.48. The second-order valence-electron chi connectivity index (χ2n) is 6.06. The second-order valence-corrected chi connectivity index (χ2v) is 9.47. The highest BCUT2D eigenvalue weighted by Crippen LogP contribution is 2.38. The summed E-state index contributed by atoms with van der Waals surface area (Å²) in [6, 6.07) is 1.66. The zero-order valence-corrected chi connectivity index (χ0v) is 14.7. The topological polar surface area (TPSA) is 60.9 Å². The van der Waals surface area contributed by atoms with Gasteiger partial charge in [-0.05, 0) is 51.9 Å². The fourth-order valence-electron chi connectivity index (χ4n) is 2.76. The molecule has 7 heteroatoms. The van der Waals surface area contributed by atoms with Gasteiger partial charge in [-0.15, -0.1) is 11.3 Å². The number of sulfonamides is 1. The van der Waals surface area contributed by atoms with Crippen molar-refractivity contribution in [3.8, 4) is 0 Å². The molecular formula is C14H24N2O3S2. The lowest BCUT2D eigenvalue weighted by Crippen LogP contribution is -2.57. The first-order valence-corrected chi connectivity index (χ1v) is 9.32. The molecule has 0 spiro atoms. The summed E-state index contributed by atoms with van der Waals surface area (Å²) >= 11 is 1.16. The molecule has 1 aromatic heterocycles. The van der Waals surface area contributed by atoms with E-state index in [2.05, 4.69) is 4.90 Å². The van der Waals surface area contributed by atoms with Gasteiger partial charge in [0.15, 0.2) is 0 Å². The molecule has 21 heavy (non-hydrogen) atoms. The van der Waals surface area contributed by atoms with Crippen LogP contribution in [0.3, 0.4) is 0 Å². The van der Waals surface area contributed by atoms with E-state index < -0.39 is 10.0 Å². The molecule has 0 aliphatic heterocycles. The lowest BCUT2D eigenvalue weighted by molar-refractivity contribution is 0.0455. The van der Waals surface area contributed by atoms with Crippen LogP contribution in [0.15, 0.2) is 10.3 Å². The van der Waals surface area contributed by atoms with E-state index in [1.54, 1.807) is 13.1 Å². The van der Waals surface area contributed by atoms with E-state index in [-0.39, 0.29) is 12.1 Å². The van der Waals surface area contributed by atoms with Crippen molar-refractivity contribution in [1.82, 2.24) is 9.21 Å². The van der Waals surface area contributed by atoms with Crippen molar-refractivity contribution >= 4 is 21.4 Å². The van der Waals surface area contributed by atoms with Gasteiger partial charge in [-0.1, -0.05) is 0 Å². The molecular weight excluding hydrogens is 308 g/mol. The monoisotopic (exact) mass is 332 g/mol. The number of hydrogen-bond donors (Lipinski definition) is 1. The van der Waals surface area contributed by atoms with Gasteiger partial charge in [0.25, 0.3) is 10.0 Å². The molecule has 1 N–H and O–H groups in total. The van der Waals surface area contributed by atoms with Gasteiger partial charge in [0.1, 0.15) is 4.21 Å². The molecule has 1 aliphatic rings. The Kier molecular flexibility index (Phi) is 4.80. The van der Waals surface area contributed by atoms with Crippen LogP contribution in [-0.4, -0.2) is 56.0 Å². The fraction of sp³-hybridized carbons (Fsp3) is 0.714. The average molecular weight is 332 g/mol. The molecule has 0 atom stereocenters. The van der Waals surface area contributed by atoms with Gasteiger partial charge in [0.2, 0.25) is 0 Å². The van der Waals surface area contributed by atoms with Crippen molar-refractivity contribution < 1.29 is 13.5 Å². The third-order valence-corrected chi connectivity index (χ3v) is 8.03. The summed E-state index contributed by atoms with van der Waals surface area (Å²) in [6.07, 6.45) is 3.22. The van der Waals surface area contributed by atoms with Crippen LogP contribution in [0, 0.1) is 6.92 Å². The quantitative estimate of drug-likeness (QED) is 0.860.